The lowest BCUT2D eigenvalue weighted by Crippen LogP contribution is -2.49. The van der Waals surface area contributed by atoms with Crippen LogP contribution in [-0.4, -0.2) is 94.3 Å². The van der Waals surface area contributed by atoms with Crippen molar-refractivity contribution in [2.45, 2.75) is 86.4 Å². The Morgan fingerprint density at radius 1 is 0.683 bits per heavy atom. The van der Waals surface area contributed by atoms with Crippen molar-refractivity contribution in [1.29, 1.82) is 0 Å². The topological polar surface area (TPSA) is 184 Å². The lowest BCUT2D eigenvalue weighted by Gasteiger charge is -2.53. The van der Waals surface area contributed by atoms with Gasteiger partial charge in [-0.1, -0.05) is 84.9 Å². The number of aromatic nitrogens is 4. The number of methoxy groups -OCH3 is 2. The summed E-state index contributed by atoms with van der Waals surface area (Å²) in [6, 6.07) is 24.8. The zero-order valence-corrected chi connectivity index (χ0v) is 35.7. The molecule has 63 heavy (non-hydrogen) atoms. The normalized spacial score (nSPS) is 24.0. The number of amides is 4. The predicted octanol–water partition coefficient (Wildman–Crippen LogP) is 7.10. The molecule has 0 radical (unpaired) electrons. The first kappa shape index (κ1) is 41.9. The maximum atomic E-state index is 14.1. The van der Waals surface area contributed by atoms with Crippen molar-refractivity contribution in [2.24, 2.45) is 0 Å². The van der Waals surface area contributed by atoms with E-state index in [1.807, 2.05) is 71.8 Å². The Bertz CT molecular complexity index is 2390. The fraction of sp³-hybridized carbons (Fsp3) is 0.417. The van der Waals surface area contributed by atoms with Gasteiger partial charge in [-0.05, 0) is 79.0 Å². The molecule has 10 rings (SSSR count). The van der Waals surface area contributed by atoms with Crippen molar-refractivity contribution in [3.8, 4) is 11.3 Å². The highest BCUT2D eigenvalue weighted by Gasteiger charge is 2.51. The van der Waals surface area contributed by atoms with E-state index in [2.05, 4.69) is 44.9 Å². The van der Waals surface area contributed by atoms with Crippen LogP contribution in [0.2, 0.25) is 0 Å². The minimum Gasteiger partial charge on any atom is -0.453 e. The fourth-order valence-corrected chi connectivity index (χ4v) is 10.4. The zero-order valence-electron chi connectivity index (χ0n) is 35.7. The number of rotatable bonds is 11. The molecule has 328 valence electrons. The number of benzene rings is 3. The number of hydrogen-bond donors (Lipinski definition) is 4. The molecule has 2 saturated heterocycles. The molecule has 4 unspecified atom stereocenters. The molecule has 4 N–H and O–H groups in total. The second-order valence-electron chi connectivity index (χ2n) is 17.3. The minimum atomic E-state index is -0.930. The highest BCUT2D eigenvalue weighted by Crippen LogP contribution is 2.58. The Kier molecular flexibility index (Phi) is 11.8. The summed E-state index contributed by atoms with van der Waals surface area (Å²) in [5.41, 5.74) is 5.82. The molecular formula is C48H54N8O7. The number of imidazole rings is 2. The van der Waals surface area contributed by atoms with E-state index < -0.39 is 30.3 Å². The van der Waals surface area contributed by atoms with Crippen molar-refractivity contribution >= 4 is 24.0 Å². The highest BCUT2D eigenvalue weighted by molar-refractivity contribution is 5.88. The molecular weight excluding hydrogens is 801 g/mol. The van der Waals surface area contributed by atoms with Gasteiger partial charge in [-0.25, -0.2) is 19.6 Å². The number of carbonyl (C=O) groups is 4. The summed E-state index contributed by atoms with van der Waals surface area (Å²) in [5, 5.41) is 5.47. The predicted molar refractivity (Wildman–Crippen MR) is 232 cm³/mol. The number of ether oxygens (including phenoxy) is 3. The second-order valence-corrected chi connectivity index (χ2v) is 17.3. The van der Waals surface area contributed by atoms with Crippen molar-refractivity contribution in [2.75, 3.05) is 40.5 Å². The van der Waals surface area contributed by atoms with E-state index in [9.17, 15) is 19.2 Å². The van der Waals surface area contributed by atoms with E-state index in [0.29, 0.717) is 36.6 Å². The van der Waals surface area contributed by atoms with Crippen LogP contribution in [-0.2, 0) is 34.6 Å². The van der Waals surface area contributed by atoms with Gasteiger partial charge >= 0.3 is 12.2 Å². The largest absolute Gasteiger partial charge is 0.453 e. The SMILES string of the molecule is COC(=O)NC(C(=O)N1CCOCC1c1ncc(-c2ccc(C34CCC(c5cnc(C6CCCN6C(=O)C(NC(=O)OC)c6ccccc6)[nH]5)(CC3)CC4)cc2)[nH]1)c1ccccc1. The van der Waals surface area contributed by atoms with Crippen LogP contribution in [0.25, 0.3) is 11.3 Å². The van der Waals surface area contributed by atoms with Gasteiger partial charge < -0.3 is 44.6 Å². The molecule has 5 fully saturated rings. The van der Waals surface area contributed by atoms with Crippen LogP contribution in [0.4, 0.5) is 9.59 Å². The van der Waals surface area contributed by atoms with Gasteiger partial charge in [0, 0.05) is 30.4 Å². The van der Waals surface area contributed by atoms with Crippen LogP contribution in [0.15, 0.2) is 97.3 Å². The smallest absolute Gasteiger partial charge is 0.407 e. The second kappa shape index (κ2) is 17.7. The van der Waals surface area contributed by atoms with Gasteiger partial charge in [0.05, 0.1) is 45.4 Å². The Balaban J connectivity index is 0.859. The molecule has 5 aliphatic rings. The Morgan fingerprint density at radius 2 is 1.22 bits per heavy atom. The van der Waals surface area contributed by atoms with Gasteiger partial charge in [-0.15, -0.1) is 0 Å². The summed E-state index contributed by atoms with van der Waals surface area (Å²) in [6.07, 6.45) is 10.5. The average Bonchev–Trinajstić information content (AvgIpc) is 4.16. The molecule has 2 aromatic heterocycles. The average molecular weight is 855 g/mol. The van der Waals surface area contributed by atoms with E-state index in [4.69, 9.17) is 24.2 Å². The molecule has 4 amide bonds. The standard InChI is InChI=1S/C48H54N8O7/c1-61-45(59)53-39(32-10-5-3-6-11-32)43(57)55-25-9-14-36(55)41-50-29-38(52-41)48-22-19-47(20-23-48,21-24-48)34-17-15-31(16-18-34)35-28-49-42(51-35)37-30-63-27-26-56(37)44(58)40(54-46(60)62-2)33-12-7-4-8-13-33/h3-8,10-13,15-18,28-29,36-37,39-40H,9,14,19-27,30H2,1-2H3,(H,49,51)(H,50,52)(H,53,59)(H,54,60). The lowest BCUT2D eigenvalue weighted by atomic mass is 9.51. The van der Waals surface area contributed by atoms with Gasteiger partial charge in [0.15, 0.2) is 0 Å². The minimum absolute atomic E-state index is 0.0142. The number of nitrogens with zero attached hydrogens (tertiary/aromatic N) is 4. The number of likely N-dealkylation sites (tertiary alicyclic amines) is 1. The number of aromatic amines is 2. The summed E-state index contributed by atoms with van der Waals surface area (Å²) in [6.45, 7) is 1.57. The number of hydrogen-bond acceptors (Lipinski definition) is 9. The quantitative estimate of drug-likeness (QED) is 0.108. The summed E-state index contributed by atoms with van der Waals surface area (Å²) >= 11 is 0. The first-order valence-corrected chi connectivity index (χ1v) is 21.9. The molecule has 0 spiro atoms. The molecule has 15 nitrogen and oxygen atoms in total. The van der Waals surface area contributed by atoms with Crippen LogP contribution in [0.3, 0.4) is 0 Å². The molecule has 4 heterocycles. The zero-order chi connectivity index (χ0) is 43.6. The maximum absolute atomic E-state index is 14.1. The maximum Gasteiger partial charge on any atom is 0.407 e. The van der Waals surface area contributed by atoms with E-state index in [-0.39, 0.29) is 35.3 Å². The molecule has 2 aliphatic heterocycles. The number of carbonyl (C=O) groups excluding carboxylic acids is 4. The van der Waals surface area contributed by atoms with E-state index >= 15 is 0 Å². The van der Waals surface area contributed by atoms with Crippen molar-refractivity contribution in [1.82, 2.24) is 40.4 Å². The summed E-state index contributed by atoms with van der Waals surface area (Å²) in [5.74, 6) is 0.972. The third-order valence-electron chi connectivity index (χ3n) is 14.1. The van der Waals surface area contributed by atoms with Gasteiger partial charge in [-0.2, -0.15) is 0 Å². The summed E-state index contributed by atoms with van der Waals surface area (Å²) in [4.78, 5) is 73.1. The van der Waals surface area contributed by atoms with Crippen LogP contribution < -0.4 is 10.6 Å². The molecule has 4 atom stereocenters. The monoisotopic (exact) mass is 854 g/mol. The van der Waals surface area contributed by atoms with Gasteiger partial charge in [0.25, 0.3) is 11.8 Å². The Morgan fingerprint density at radius 3 is 1.81 bits per heavy atom. The van der Waals surface area contributed by atoms with Crippen LogP contribution in [0, 0.1) is 0 Å². The molecule has 3 saturated carbocycles. The lowest BCUT2D eigenvalue weighted by molar-refractivity contribution is -0.143. The molecule has 5 aromatic rings. The van der Waals surface area contributed by atoms with E-state index in [0.717, 1.165) is 74.1 Å². The number of fused-ring (bicyclic) bond motifs is 3. The fourth-order valence-electron chi connectivity index (χ4n) is 10.4. The number of nitrogens with one attached hydrogen (secondary N) is 4. The van der Waals surface area contributed by atoms with Crippen LogP contribution in [0.1, 0.15) is 110 Å². The molecule has 3 aromatic carbocycles. The molecule has 3 aliphatic carbocycles. The number of morpholine rings is 1. The third kappa shape index (κ3) is 8.17. The van der Waals surface area contributed by atoms with Crippen LogP contribution in [0.5, 0.6) is 0 Å². The number of alkyl carbamates (subject to hydrolysis) is 2. The van der Waals surface area contributed by atoms with E-state index in [1.165, 1.54) is 19.8 Å². The van der Waals surface area contributed by atoms with E-state index in [1.54, 1.807) is 11.1 Å². The first-order valence-electron chi connectivity index (χ1n) is 21.9. The first-order chi connectivity index (χ1) is 30.7. The highest BCUT2D eigenvalue weighted by atomic mass is 16.5. The summed E-state index contributed by atoms with van der Waals surface area (Å²) in [7, 11) is 2.57. The summed E-state index contributed by atoms with van der Waals surface area (Å²) < 4.78 is 15.6. The Labute approximate surface area is 366 Å². The van der Waals surface area contributed by atoms with Crippen molar-refractivity contribution in [3.05, 3.63) is 131 Å². The third-order valence-corrected chi connectivity index (χ3v) is 14.1. The molecule has 2 bridgehead atoms. The van der Waals surface area contributed by atoms with Crippen molar-refractivity contribution in [3.63, 3.8) is 0 Å². The number of H-pyrrole nitrogens is 2. The van der Waals surface area contributed by atoms with Gasteiger partial charge in [0.2, 0.25) is 0 Å². The van der Waals surface area contributed by atoms with Crippen LogP contribution >= 0.6 is 0 Å². The van der Waals surface area contributed by atoms with Crippen molar-refractivity contribution < 1.29 is 33.4 Å². The van der Waals surface area contributed by atoms with Gasteiger partial charge in [-0.3, -0.25) is 9.59 Å². The Hall–Kier alpha value is -6.48. The van der Waals surface area contributed by atoms with Gasteiger partial charge in [0.1, 0.15) is 29.8 Å². The molecule has 15 heteroatoms.